The van der Waals surface area contributed by atoms with Crippen molar-refractivity contribution in [3.8, 4) is 0 Å². The molecule has 2 N–H and O–H groups in total. The van der Waals surface area contributed by atoms with Crippen molar-refractivity contribution in [3.63, 3.8) is 0 Å². The molecule has 1 aliphatic rings. The van der Waals surface area contributed by atoms with Crippen molar-refractivity contribution in [2.24, 2.45) is 5.92 Å². The van der Waals surface area contributed by atoms with Crippen molar-refractivity contribution >= 4 is 22.7 Å². The van der Waals surface area contributed by atoms with Gasteiger partial charge in [0.2, 0.25) is 11.8 Å². The Morgan fingerprint density at radius 2 is 1.95 bits per heavy atom. The van der Waals surface area contributed by atoms with E-state index >= 15 is 0 Å². The Labute approximate surface area is 116 Å². The molecule has 3 rings (SSSR count). The Morgan fingerprint density at radius 3 is 2.75 bits per heavy atom. The first-order chi connectivity index (χ1) is 9.74. The van der Waals surface area contributed by atoms with E-state index in [1.165, 1.54) is 0 Å². The minimum absolute atomic E-state index is 0.0789. The highest BCUT2D eigenvalue weighted by Crippen LogP contribution is 2.28. The van der Waals surface area contributed by atoms with Gasteiger partial charge in [0.05, 0.1) is 0 Å². The Balaban J connectivity index is 1.51. The normalized spacial score (nSPS) is 14.2. The van der Waals surface area contributed by atoms with Crippen molar-refractivity contribution in [2.45, 2.75) is 25.8 Å². The zero-order valence-electron chi connectivity index (χ0n) is 11.1. The average Bonchev–Trinajstić information content (AvgIpc) is 3.24. The van der Waals surface area contributed by atoms with Crippen LogP contribution in [0, 0.1) is 5.92 Å². The van der Waals surface area contributed by atoms with Gasteiger partial charge in [-0.3, -0.25) is 20.4 Å². The van der Waals surface area contributed by atoms with E-state index in [0.717, 1.165) is 23.7 Å². The zero-order chi connectivity index (χ0) is 13.9. The van der Waals surface area contributed by atoms with Crippen molar-refractivity contribution in [3.05, 3.63) is 36.5 Å². The van der Waals surface area contributed by atoms with Crippen LogP contribution >= 0.6 is 0 Å². The van der Waals surface area contributed by atoms with E-state index in [2.05, 4.69) is 10.9 Å². The van der Waals surface area contributed by atoms with Crippen LogP contribution in [0.1, 0.15) is 19.3 Å². The minimum atomic E-state index is -0.170. The fraction of sp³-hybridized carbons (Fsp3) is 0.333. The van der Waals surface area contributed by atoms with E-state index in [-0.39, 0.29) is 17.7 Å². The van der Waals surface area contributed by atoms with Gasteiger partial charge in [0.15, 0.2) is 0 Å². The largest absolute Gasteiger partial charge is 0.347 e. The smallest absolute Gasteiger partial charge is 0.241 e. The van der Waals surface area contributed by atoms with E-state index in [1.807, 2.05) is 41.1 Å². The van der Waals surface area contributed by atoms with Crippen LogP contribution in [0.5, 0.6) is 0 Å². The second-order valence-corrected chi connectivity index (χ2v) is 5.13. The van der Waals surface area contributed by atoms with Crippen LogP contribution in [-0.2, 0) is 16.1 Å². The molecule has 0 atom stereocenters. The molecule has 2 aromatic rings. The molecule has 1 fully saturated rings. The van der Waals surface area contributed by atoms with Gasteiger partial charge < -0.3 is 4.57 Å². The van der Waals surface area contributed by atoms with E-state index in [4.69, 9.17) is 0 Å². The van der Waals surface area contributed by atoms with E-state index in [0.29, 0.717) is 13.0 Å². The molecule has 20 heavy (non-hydrogen) atoms. The quantitative estimate of drug-likeness (QED) is 0.829. The van der Waals surface area contributed by atoms with Crippen LogP contribution in [-0.4, -0.2) is 16.4 Å². The van der Waals surface area contributed by atoms with Crippen molar-refractivity contribution in [1.29, 1.82) is 0 Å². The molecule has 0 radical (unpaired) electrons. The number of hydrogen-bond donors (Lipinski definition) is 2. The highest BCUT2D eigenvalue weighted by Gasteiger charge is 2.29. The molecule has 5 nitrogen and oxygen atoms in total. The number of benzene rings is 1. The summed E-state index contributed by atoms with van der Waals surface area (Å²) in [4.78, 5) is 23.1. The number of carbonyl (C=O) groups excluding carboxylic acids is 2. The molecule has 0 saturated heterocycles. The fourth-order valence-corrected chi connectivity index (χ4v) is 2.20. The fourth-order valence-electron chi connectivity index (χ4n) is 2.20. The van der Waals surface area contributed by atoms with Crippen LogP contribution < -0.4 is 10.9 Å². The summed E-state index contributed by atoms with van der Waals surface area (Å²) in [5.41, 5.74) is 6.04. The number of aromatic nitrogens is 1. The van der Waals surface area contributed by atoms with E-state index < -0.39 is 0 Å². The topological polar surface area (TPSA) is 63.1 Å². The van der Waals surface area contributed by atoms with Crippen molar-refractivity contribution in [2.75, 3.05) is 0 Å². The van der Waals surface area contributed by atoms with Crippen LogP contribution in [0.3, 0.4) is 0 Å². The molecule has 0 aliphatic heterocycles. The maximum atomic E-state index is 11.7. The minimum Gasteiger partial charge on any atom is -0.347 e. The first kappa shape index (κ1) is 12.7. The molecule has 1 aliphatic carbocycles. The number of nitrogens with zero attached hydrogens (tertiary/aromatic N) is 1. The zero-order valence-corrected chi connectivity index (χ0v) is 11.1. The Morgan fingerprint density at radius 1 is 1.15 bits per heavy atom. The maximum absolute atomic E-state index is 11.7. The summed E-state index contributed by atoms with van der Waals surface area (Å²) in [5.74, 6) is -0.148. The molecular weight excluding hydrogens is 254 g/mol. The Bertz CT molecular complexity index is 643. The molecule has 5 heteroatoms. The molecule has 2 amide bonds. The number of fused-ring (bicyclic) bond motifs is 1. The molecule has 0 unspecified atom stereocenters. The molecule has 1 heterocycles. The monoisotopic (exact) mass is 271 g/mol. The summed E-state index contributed by atoms with van der Waals surface area (Å²) in [6.07, 6.45) is 4.17. The third-order valence-electron chi connectivity index (χ3n) is 3.53. The molecule has 0 spiro atoms. The van der Waals surface area contributed by atoms with Gasteiger partial charge in [-0.1, -0.05) is 18.2 Å². The van der Waals surface area contributed by atoms with E-state index in [9.17, 15) is 9.59 Å². The van der Waals surface area contributed by atoms with Crippen LogP contribution in [0.2, 0.25) is 0 Å². The maximum Gasteiger partial charge on any atom is 0.241 e. The van der Waals surface area contributed by atoms with Gasteiger partial charge in [-0.2, -0.15) is 0 Å². The number of carbonyl (C=O) groups is 2. The summed E-state index contributed by atoms with van der Waals surface area (Å²) < 4.78 is 2.04. The van der Waals surface area contributed by atoms with Crippen LogP contribution in [0.25, 0.3) is 10.9 Å². The summed E-state index contributed by atoms with van der Waals surface area (Å²) in [7, 11) is 0. The van der Waals surface area contributed by atoms with Gasteiger partial charge in [-0.05, 0) is 30.4 Å². The first-order valence-electron chi connectivity index (χ1n) is 6.86. The van der Waals surface area contributed by atoms with Gasteiger partial charge in [-0.25, -0.2) is 0 Å². The first-order valence-corrected chi connectivity index (χ1v) is 6.86. The number of para-hydroxylation sites is 1. The van der Waals surface area contributed by atoms with Crippen molar-refractivity contribution in [1.82, 2.24) is 15.4 Å². The molecule has 1 aromatic heterocycles. The Kier molecular flexibility index (Phi) is 3.41. The third kappa shape index (κ3) is 2.82. The molecule has 104 valence electrons. The lowest BCUT2D eigenvalue weighted by Crippen LogP contribution is -2.42. The summed E-state index contributed by atoms with van der Waals surface area (Å²) in [5, 5.41) is 1.16. The van der Waals surface area contributed by atoms with E-state index in [1.54, 1.807) is 0 Å². The predicted octanol–water partition coefficient (Wildman–Crippen LogP) is 1.59. The number of rotatable bonds is 4. The third-order valence-corrected chi connectivity index (χ3v) is 3.53. The number of hydrazine groups is 1. The Hall–Kier alpha value is -2.30. The molecule has 1 saturated carbocycles. The summed E-state index contributed by atoms with van der Waals surface area (Å²) in [6.45, 7) is 0.596. The lowest BCUT2D eigenvalue weighted by atomic mass is 10.2. The second kappa shape index (κ2) is 5.36. The lowest BCUT2D eigenvalue weighted by Gasteiger charge is -2.08. The van der Waals surface area contributed by atoms with Gasteiger partial charge in [0.1, 0.15) is 0 Å². The number of aryl methyl sites for hydroxylation is 1. The number of nitrogens with one attached hydrogen (secondary N) is 2. The second-order valence-electron chi connectivity index (χ2n) is 5.13. The molecule has 1 aromatic carbocycles. The average molecular weight is 271 g/mol. The van der Waals surface area contributed by atoms with Gasteiger partial charge in [-0.15, -0.1) is 0 Å². The summed E-state index contributed by atoms with van der Waals surface area (Å²) >= 11 is 0. The standard InChI is InChI=1S/C15H17N3O2/c19-14(16-17-15(20)12-5-6-12)8-10-18-9-7-11-3-1-2-4-13(11)18/h1-4,7,9,12H,5-6,8,10H2,(H,16,19)(H,17,20). The van der Waals surface area contributed by atoms with Gasteiger partial charge in [0, 0.05) is 30.6 Å². The number of amides is 2. The SMILES string of the molecule is O=C(CCn1ccc2ccccc21)NNC(=O)C1CC1. The highest BCUT2D eigenvalue weighted by atomic mass is 16.2. The highest BCUT2D eigenvalue weighted by molar-refractivity contribution is 5.85. The predicted molar refractivity (Wildman–Crippen MR) is 75.6 cm³/mol. The lowest BCUT2D eigenvalue weighted by molar-refractivity contribution is -0.129. The number of hydrogen-bond acceptors (Lipinski definition) is 2. The van der Waals surface area contributed by atoms with Gasteiger partial charge in [0.25, 0.3) is 0 Å². The molecule has 0 bridgehead atoms. The summed E-state index contributed by atoms with van der Waals surface area (Å²) in [6, 6.07) is 10.1. The van der Waals surface area contributed by atoms with Gasteiger partial charge >= 0.3 is 0 Å². The molecular formula is C15H17N3O2. The van der Waals surface area contributed by atoms with Crippen molar-refractivity contribution < 1.29 is 9.59 Å². The van der Waals surface area contributed by atoms with Crippen LogP contribution in [0.4, 0.5) is 0 Å². The van der Waals surface area contributed by atoms with Crippen LogP contribution in [0.15, 0.2) is 36.5 Å².